The van der Waals surface area contributed by atoms with Crippen LogP contribution in [0.1, 0.15) is 13.0 Å². The molecule has 3 aromatic carbocycles. The first kappa shape index (κ1) is 22.1. The summed E-state index contributed by atoms with van der Waals surface area (Å²) in [4.78, 5) is 0.345. The highest BCUT2D eigenvalue weighted by Gasteiger charge is 2.22. The molecule has 0 aliphatic carbocycles. The molecule has 1 aromatic heterocycles. The van der Waals surface area contributed by atoms with Crippen LogP contribution in [0, 0.1) is 0 Å². The van der Waals surface area contributed by atoms with Gasteiger partial charge >= 0.3 is 0 Å². The number of nitrogens with one attached hydrogen (secondary N) is 1. The van der Waals surface area contributed by atoms with Crippen LogP contribution >= 0.6 is 11.6 Å². The van der Waals surface area contributed by atoms with Crippen LogP contribution in [0.25, 0.3) is 11.0 Å². The van der Waals surface area contributed by atoms with Crippen molar-refractivity contribution < 1.29 is 17.0 Å². The predicted octanol–water partition coefficient (Wildman–Crippen LogP) is 5.83. The molecule has 0 saturated carbocycles. The zero-order valence-electron chi connectivity index (χ0n) is 15.0. The van der Waals surface area contributed by atoms with Crippen molar-refractivity contribution in [3.8, 4) is 0 Å². The van der Waals surface area contributed by atoms with E-state index < -0.39 is 20.8 Å². The van der Waals surface area contributed by atoms with Gasteiger partial charge in [0.05, 0.1) is 27.1 Å². The topological polar surface area (TPSA) is 76.4 Å². The Balaban J connectivity index is 0.00000256. The summed E-state index contributed by atoms with van der Waals surface area (Å²) in [7, 11) is -5.51. The van der Waals surface area contributed by atoms with E-state index in [2.05, 4.69) is 4.72 Å². The van der Waals surface area contributed by atoms with Gasteiger partial charge in [-0.2, -0.15) is 8.42 Å². The van der Waals surface area contributed by atoms with Crippen molar-refractivity contribution in [2.75, 3.05) is 4.72 Å². The molecular weight excluding hydrogens is 442 g/mol. The van der Waals surface area contributed by atoms with Gasteiger partial charge in [-0.25, -0.2) is 0 Å². The van der Waals surface area contributed by atoms with Gasteiger partial charge in [-0.3, -0.25) is 8.93 Å². The van der Waals surface area contributed by atoms with Gasteiger partial charge in [-0.05, 0) is 29.8 Å². The van der Waals surface area contributed by atoms with Gasteiger partial charge in [0.1, 0.15) is 5.58 Å². The van der Waals surface area contributed by atoms with E-state index in [1.54, 1.807) is 36.4 Å². The number of fused-ring (bicyclic) bond motifs is 1. The minimum absolute atomic E-state index is 0. The zero-order valence-corrected chi connectivity index (χ0v) is 17.4. The molecule has 1 unspecified atom stereocenters. The average molecular weight is 462 g/mol. The largest absolute Gasteiger partial charge is 0.443 e. The number of rotatable bonds is 6. The highest BCUT2D eigenvalue weighted by molar-refractivity contribution is 7.92. The maximum atomic E-state index is 12.9. The van der Waals surface area contributed by atoms with Gasteiger partial charge in [0.2, 0.25) is 5.09 Å². The lowest BCUT2D eigenvalue weighted by molar-refractivity contribution is 0.484. The fourth-order valence-corrected chi connectivity index (χ4v) is 5.37. The summed E-state index contributed by atoms with van der Waals surface area (Å²) in [6, 6.07) is 22.4. The molecule has 0 fully saturated rings. The van der Waals surface area contributed by atoms with E-state index in [0.717, 1.165) is 5.56 Å². The molecule has 0 aliphatic heterocycles. The summed E-state index contributed by atoms with van der Waals surface area (Å²) in [5.41, 5.74) is 1.51. The summed E-state index contributed by atoms with van der Waals surface area (Å²) in [5.74, 6) is 0.252. The van der Waals surface area contributed by atoms with Gasteiger partial charge in [-0.1, -0.05) is 67.6 Å². The van der Waals surface area contributed by atoms with Crippen molar-refractivity contribution in [2.45, 2.75) is 23.2 Å². The Morgan fingerprint density at radius 1 is 0.933 bits per heavy atom. The van der Waals surface area contributed by atoms with Crippen LogP contribution in [0.5, 0.6) is 0 Å². The van der Waals surface area contributed by atoms with Gasteiger partial charge in [0.15, 0.2) is 0 Å². The molecule has 5 nitrogen and oxygen atoms in total. The van der Waals surface area contributed by atoms with Crippen molar-refractivity contribution in [1.82, 2.24) is 0 Å². The number of benzene rings is 3. The lowest BCUT2D eigenvalue weighted by Crippen LogP contribution is -2.14. The lowest BCUT2D eigenvalue weighted by atomic mass is 10.2. The number of para-hydroxylation sites is 1. The first-order chi connectivity index (χ1) is 13.9. The highest BCUT2D eigenvalue weighted by Crippen LogP contribution is 2.29. The summed E-state index contributed by atoms with van der Waals surface area (Å²) < 4.78 is 46.6. The molecule has 1 atom stereocenters. The summed E-state index contributed by atoms with van der Waals surface area (Å²) in [5, 5.41) is 0.776. The molecule has 0 saturated heterocycles. The third-order valence-corrected chi connectivity index (χ3v) is 7.14. The van der Waals surface area contributed by atoms with Gasteiger partial charge < -0.3 is 4.42 Å². The molecule has 8 heteroatoms. The molecule has 4 rings (SSSR count). The zero-order chi connectivity index (χ0) is 20.4. The molecular formula is C22H20ClNO4S2. The molecule has 156 valence electrons. The van der Waals surface area contributed by atoms with Crippen LogP contribution in [0.2, 0.25) is 5.02 Å². The number of sulfonamides is 1. The number of furan rings is 1. The van der Waals surface area contributed by atoms with Crippen LogP contribution in [0.4, 0.5) is 5.69 Å². The summed E-state index contributed by atoms with van der Waals surface area (Å²) in [6.45, 7) is 0. The Hall–Kier alpha value is -2.61. The van der Waals surface area contributed by atoms with Crippen molar-refractivity contribution in [3.63, 3.8) is 0 Å². The van der Waals surface area contributed by atoms with Crippen LogP contribution in [0.15, 0.2) is 93.3 Å². The Bertz CT molecular complexity index is 1270. The Morgan fingerprint density at radius 2 is 1.63 bits per heavy atom. The molecule has 0 aliphatic rings. The Kier molecular flexibility index (Phi) is 6.65. The average Bonchev–Trinajstić information content (AvgIpc) is 3.14. The van der Waals surface area contributed by atoms with Crippen LogP contribution < -0.4 is 4.72 Å². The standard InChI is InChI=1S/C21H16ClNO4S2.CH4/c22-17-10-11-20(28(24)14-15-6-2-1-3-7-15)18(13-17)23-29(25,26)21-12-16-8-4-5-9-19(16)27-21;/h1-13,23H,14H2;1H4. The summed E-state index contributed by atoms with van der Waals surface area (Å²) in [6.07, 6.45) is 0. The summed E-state index contributed by atoms with van der Waals surface area (Å²) >= 11 is 6.06. The second kappa shape index (κ2) is 9.04. The van der Waals surface area contributed by atoms with E-state index in [1.807, 2.05) is 30.3 Å². The number of hydrogen-bond acceptors (Lipinski definition) is 4. The van der Waals surface area contributed by atoms with E-state index in [-0.39, 0.29) is 24.0 Å². The van der Waals surface area contributed by atoms with Crippen LogP contribution in [-0.2, 0) is 26.6 Å². The van der Waals surface area contributed by atoms with Crippen molar-refractivity contribution in [2.24, 2.45) is 0 Å². The van der Waals surface area contributed by atoms with Crippen molar-refractivity contribution in [3.05, 3.63) is 89.4 Å². The van der Waals surface area contributed by atoms with Crippen molar-refractivity contribution >= 4 is 49.1 Å². The van der Waals surface area contributed by atoms with E-state index in [1.165, 1.54) is 12.1 Å². The second-order valence-corrected chi connectivity index (χ2v) is 9.79. The molecule has 30 heavy (non-hydrogen) atoms. The minimum Gasteiger partial charge on any atom is -0.443 e. The third kappa shape index (κ3) is 4.75. The van der Waals surface area contributed by atoms with Crippen molar-refractivity contribution in [1.29, 1.82) is 0 Å². The molecule has 0 bridgehead atoms. The van der Waals surface area contributed by atoms with E-state index in [0.29, 0.717) is 20.9 Å². The van der Waals surface area contributed by atoms with E-state index in [9.17, 15) is 12.6 Å². The lowest BCUT2D eigenvalue weighted by Gasteiger charge is -2.12. The number of hydrogen-bond donors (Lipinski definition) is 1. The van der Waals surface area contributed by atoms with Gasteiger partial charge in [0, 0.05) is 16.5 Å². The Morgan fingerprint density at radius 3 is 2.37 bits per heavy atom. The van der Waals surface area contributed by atoms with Crippen LogP contribution in [0.3, 0.4) is 0 Å². The molecule has 4 aromatic rings. The molecule has 1 N–H and O–H groups in total. The predicted molar refractivity (Wildman–Crippen MR) is 122 cm³/mol. The third-order valence-electron chi connectivity index (χ3n) is 4.24. The molecule has 1 heterocycles. The Labute approximate surface area is 183 Å². The quantitative estimate of drug-likeness (QED) is 0.392. The fraction of sp³-hybridized carbons (Fsp3) is 0.0909. The second-order valence-electron chi connectivity index (χ2n) is 6.32. The minimum atomic E-state index is -4.03. The van der Waals surface area contributed by atoms with Gasteiger partial charge in [-0.15, -0.1) is 0 Å². The molecule has 0 spiro atoms. The van der Waals surface area contributed by atoms with E-state index in [4.69, 9.17) is 16.0 Å². The first-order valence-corrected chi connectivity index (χ1v) is 11.8. The normalized spacial score (nSPS) is 12.3. The van der Waals surface area contributed by atoms with Gasteiger partial charge in [0.25, 0.3) is 10.0 Å². The molecule has 0 radical (unpaired) electrons. The molecule has 0 amide bonds. The monoisotopic (exact) mass is 461 g/mol. The number of anilines is 1. The highest BCUT2D eigenvalue weighted by atomic mass is 35.5. The fourth-order valence-electron chi connectivity index (χ4n) is 2.87. The maximum Gasteiger partial charge on any atom is 0.295 e. The number of halogens is 1. The smallest absolute Gasteiger partial charge is 0.295 e. The maximum absolute atomic E-state index is 12.9. The first-order valence-electron chi connectivity index (χ1n) is 8.66. The van der Waals surface area contributed by atoms with Crippen LogP contribution in [-0.4, -0.2) is 12.6 Å². The SMILES string of the molecule is C.O=S(Cc1ccccc1)c1ccc(Cl)cc1NS(=O)(=O)c1cc2ccccc2o1. The van der Waals surface area contributed by atoms with E-state index >= 15 is 0 Å².